The van der Waals surface area contributed by atoms with E-state index < -0.39 is 0 Å². The third kappa shape index (κ3) is 7.91. The van der Waals surface area contributed by atoms with E-state index in [0.29, 0.717) is 19.2 Å². The molecule has 17 heavy (non-hydrogen) atoms. The molecule has 4 nitrogen and oxygen atoms in total. The molecule has 0 saturated heterocycles. The molecule has 0 aliphatic heterocycles. The van der Waals surface area contributed by atoms with E-state index in [0.717, 1.165) is 13.0 Å². The molecule has 0 aromatic rings. The van der Waals surface area contributed by atoms with Crippen molar-refractivity contribution in [3.8, 4) is 0 Å². The maximum Gasteiger partial charge on any atom is 0.306 e. The van der Waals surface area contributed by atoms with Crippen LogP contribution in [0.1, 0.15) is 47.0 Å². The molecule has 0 bridgehead atoms. The van der Waals surface area contributed by atoms with Gasteiger partial charge in [0.25, 0.3) is 0 Å². The molecule has 0 N–H and O–H groups in total. The largest absolute Gasteiger partial charge is 0.466 e. The van der Waals surface area contributed by atoms with Crippen LogP contribution >= 0.6 is 0 Å². The molecule has 4 heteroatoms. The summed E-state index contributed by atoms with van der Waals surface area (Å²) in [6, 6.07) is 0.362. The number of ether oxygens (including phenoxy) is 1. The molecule has 0 amide bonds. The number of esters is 1. The molecule has 0 fully saturated rings. The van der Waals surface area contributed by atoms with E-state index in [1.165, 1.54) is 0 Å². The normalized spacial score (nSPS) is 10.9. The molecule has 0 unspecified atom stereocenters. The Morgan fingerprint density at radius 1 is 1.18 bits per heavy atom. The van der Waals surface area contributed by atoms with Crippen molar-refractivity contribution in [3.63, 3.8) is 0 Å². The van der Waals surface area contributed by atoms with Crippen molar-refractivity contribution in [1.82, 2.24) is 4.90 Å². The van der Waals surface area contributed by atoms with E-state index in [1.54, 1.807) is 6.92 Å². The average molecular weight is 243 g/mol. The first kappa shape index (κ1) is 16.1. The van der Waals surface area contributed by atoms with Crippen LogP contribution in [0.25, 0.3) is 0 Å². The minimum atomic E-state index is -0.285. The maximum absolute atomic E-state index is 11.7. The Bertz CT molecular complexity index is 239. The molecular formula is C13H25NO3. The Hall–Kier alpha value is -0.900. The lowest BCUT2D eigenvalue weighted by atomic mass is 10.2. The van der Waals surface area contributed by atoms with Crippen LogP contribution in [0, 0.1) is 0 Å². The summed E-state index contributed by atoms with van der Waals surface area (Å²) in [5.41, 5.74) is 0. The molecule has 0 aromatic carbocycles. The fraction of sp³-hybridized carbons (Fsp3) is 0.846. The second kappa shape index (κ2) is 9.16. The van der Waals surface area contributed by atoms with Gasteiger partial charge in [-0.3, -0.25) is 14.5 Å². The fourth-order valence-electron chi connectivity index (χ4n) is 1.59. The van der Waals surface area contributed by atoms with Crippen molar-refractivity contribution in [2.75, 3.05) is 19.7 Å². The Kier molecular flexibility index (Phi) is 8.68. The third-order valence-corrected chi connectivity index (χ3v) is 2.53. The Balaban J connectivity index is 3.93. The number of Topliss-reactive ketones (excluding diaryl/α,β-unsaturated/α-hetero) is 1. The molecule has 0 rings (SSSR count). The van der Waals surface area contributed by atoms with E-state index in [4.69, 9.17) is 4.74 Å². The highest BCUT2D eigenvalue weighted by Crippen LogP contribution is 2.02. The Morgan fingerprint density at radius 3 is 2.29 bits per heavy atom. The van der Waals surface area contributed by atoms with Crippen molar-refractivity contribution in [2.45, 2.75) is 53.0 Å². The number of nitrogens with zero attached hydrogens (tertiary/aromatic N) is 1. The summed E-state index contributed by atoms with van der Waals surface area (Å²) in [4.78, 5) is 24.9. The zero-order valence-electron chi connectivity index (χ0n) is 11.5. The molecule has 0 heterocycles. The maximum atomic E-state index is 11.7. The van der Waals surface area contributed by atoms with Gasteiger partial charge in [-0.25, -0.2) is 0 Å². The topological polar surface area (TPSA) is 46.6 Å². The number of carbonyl (C=O) groups is 2. The van der Waals surface area contributed by atoms with Crippen LogP contribution < -0.4 is 0 Å². The lowest BCUT2D eigenvalue weighted by Gasteiger charge is -2.24. The highest BCUT2D eigenvalue weighted by Gasteiger charge is 2.14. The lowest BCUT2D eigenvalue weighted by molar-refractivity contribution is -0.144. The zero-order chi connectivity index (χ0) is 13.3. The molecule has 0 aromatic heterocycles. The van der Waals surface area contributed by atoms with Gasteiger partial charge in [0.15, 0.2) is 0 Å². The van der Waals surface area contributed by atoms with Gasteiger partial charge >= 0.3 is 5.97 Å². The van der Waals surface area contributed by atoms with Gasteiger partial charge in [-0.2, -0.15) is 0 Å². The summed E-state index contributed by atoms with van der Waals surface area (Å²) < 4.78 is 4.79. The summed E-state index contributed by atoms with van der Waals surface area (Å²) >= 11 is 0. The van der Waals surface area contributed by atoms with Gasteiger partial charge in [0, 0.05) is 12.5 Å². The first-order chi connectivity index (χ1) is 8.01. The van der Waals surface area contributed by atoms with Gasteiger partial charge in [0.2, 0.25) is 0 Å². The summed E-state index contributed by atoms with van der Waals surface area (Å²) in [7, 11) is 0. The van der Waals surface area contributed by atoms with Crippen LogP contribution in [-0.2, 0) is 14.3 Å². The molecule has 100 valence electrons. The predicted octanol–water partition coefficient (Wildman–Crippen LogP) is 2.02. The van der Waals surface area contributed by atoms with Gasteiger partial charge in [0.1, 0.15) is 5.78 Å². The average Bonchev–Trinajstić information content (AvgIpc) is 2.26. The summed E-state index contributed by atoms with van der Waals surface area (Å²) in [6.45, 7) is 9.75. The first-order valence-corrected chi connectivity index (χ1v) is 6.42. The highest BCUT2D eigenvalue weighted by molar-refractivity contribution is 5.84. The molecular weight excluding hydrogens is 218 g/mol. The van der Waals surface area contributed by atoms with Gasteiger partial charge < -0.3 is 4.74 Å². The van der Waals surface area contributed by atoms with Crippen molar-refractivity contribution in [3.05, 3.63) is 0 Å². The molecule has 0 saturated carbocycles. The second-order valence-corrected chi connectivity index (χ2v) is 4.41. The number of hydrogen-bond donors (Lipinski definition) is 0. The minimum absolute atomic E-state index is 0.111. The smallest absolute Gasteiger partial charge is 0.306 e. The summed E-state index contributed by atoms with van der Waals surface area (Å²) in [5.74, 6) is -0.173. The number of hydrogen-bond acceptors (Lipinski definition) is 4. The van der Waals surface area contributed by atoms with Crippen molar-refractivity contribution < 1.29 is 14.3 Å². The standard InChI is InChI=1S/C13H25NO3/c1-5-9-14(11(3)4)10-12(15)7-8-13(16)17-6-2/h11H,5-10H2,1-4H3. The van der Waals surface area contributed by atoms with E-state index in [2.05, 4.69) is 25.7 Å². The number of ketones is 1. The minimum Gasteiger partial charge on any atom is -0.466 e. The zero-order valence-corrected chi connectivity index (χ0v) is 11.5. The molecule has 0 aliphatic carbocycles. The monoisotopic (exact) mass is 243 g/mol. The van der Waals surface area contributed by atoms with E-state index >= 15 is 0 Å². The Labute approximate surface area is 104 Å². The van der Waals surface area contributed by atoms with Crippen molar-refractivity contribution >= 4 is 11.8 Å². The van der Waals surface area contributed by atoms with Crippen LogP contribution in [0.15, 0.2) is 0 Å². The van der Waals surface area contributed by atoms with Crippen LogP contribution in [0.4, 0.5) is 0 Å². The first-order valence-electron chi connectivity index (χ1n) is 6.42. The van der Waals surface area contributed by atoms with Gasteiger partial charge in [-0.1, -0.05) is 6.92 Å². The second-order valence-electron chi connectivity index (χ2n) is 4.41. The number of rotatable bonds is 9. The molecule has 0 spiro atoms. The van der Waals surface area contributed by atoms with Gasteiger partial charge in [-0.15, -0.1) is 0 Å². The van der Waals surface area contributed by atoms with Crippen molar-refractivity contribution in [1.29, 1.82) is 0 Å². The number of carbonyl (C=O) groups excluding carboxylic acids is 2. The Morgan fingerprint density at radius 2 is 1.82 bits per heavy atom. The molecule has 0 atom stereocenters. The SMILES string of the molecule is CCCN(CC(=O)CCC(=O)OCC)C(C)C. The molecule has 0 aliphatic rings. The van der Waals surface area contributed by atoms with Gasteiger partial charge in [-0.05, 0) is 33.7 Å². The highest BCUT2D eigenvalue weighted by atomic mass is 16.5. The van der Waals surface area contributed by atoms with Crippen LogP contribution in [0.3, 0.4) is 0 Å². The predicted molar refractivity (Wildman–Crippen MR) is 67.9 cm³/mol. The summed E-state index contributed by atoms with van der Waals surface area (Å²) in [5, 5.41) is 0. The van der Waals surface area contributed by atoms with Crippen molar-refractivity contribution in [2.24, 2.45) is 0 Å². The quantitative estimate of drug-likeness (QED) is 0.581. The van der Waals surface area contributed by atoms with E-state index in [1.807, 2.05) is 0 Å². The summed E-state index contributed by atoms with van der Waals surface area (Å²) in [6.07, 6.45) is 1.51. The van der Waals surface area contributed by atoms with Gasteiger partial charge in [0.05, 0.1) is 19.6 Å². The lowest BCUT2D eigenvalue weighted by Crippen LogP contribution is -2.36. The fourth-order valence-corrected chi connectivity index (χ4v) is 1.59. The third-order valence-electron chi connectivity index (χ3n) is 2.53. The van der Waals surface area contributed by atoms with E-state index in [-0.39, 0.29) is 24.6 Å². The molecule has 0 radical (unpaired) electrons. The van der Waals surface area contributed by atoms with E-state index in [9.17, 15) is 9.59 Å². The van der Waals surface area contributed by atoms with Crippen LogP contribution in [-0.4, -0.2) is 42.4 Å². The van der Waals surface area contributed by atoms with Crippen LogP contribution in [0.5, 0.6) is 0 Å². The van der Waals surface area contributed by atoms with Crippen LogP contribution in [0.2, 0.25) is 0 Å².